The lowest BCUT2D eigenvalue weighted by molar-refractivity contribution is 0.0697. The first-order valence-electron chi connectivity index (χ1n) is 5.39. The monoisotopic (exact) mass is 239 g/mol. The fraction of sp³-hybridized carbons (Fsp3) is 0.417. The third-order valence-electron chi connectivity index (χ3n) is 3.08. The van der Waals surface area contributed by atoms with Crippen LogP contribution in [0.15, 0.2) is 18.2 Å². The molecule has 1 aliphatic heterocycles. The summed E-state index contributed by atoms with van der Waals surface area (Å²) in [4.78, 5) is 13.1. The average molecular weight is 240 g/mol. The number of rotatable bonds is 3. The Bertz CT molecular complexity index is 413. The summed E-state index contributed by atoms with van der Waals surface area (Å²) >= 11 is 5.81. The molecule has 0 aromatic heterocycles. The summed E-state index contributed by atoms with van der Waals surface area (Å²) < 4.78 is 0. The minimum atomic E-state index is -0.973. The number of carboxylic acid groups (broad SMARTS) is 1. The van der Waals surface area contributed by atoms with Gasteiger partial charge >= 0.3 is 5.97 Å². The topological polar surface area (TPSA) is 40.5 Å². The Hall–Kier alpha value is -1.22. The van der Waals surface area contributed by atoms with E-state index in [1.165, 1.54) is 6.42 Å². The zero-order valence-electron chi connectivity index (χ0n) is 9.11. The molecule has 4 heteroatoms. The van der Waals surface area contributed by atoms with E-state index in [-0.39, 0.29) is 5.56 Å². The first-order chi connectivity index (χ1) is 7.61. The highest BCUT2D eigenvalue weighted by Gasteiger charge is 2.25. The van der Waals surface area contributed by atoms with Crippen LogP contribution in [0.1, 0.15) is 23.7 Å². The normalized spacial score (nSPS) is 16.0. The van der Waals surface area contributed by atoms with Crippen LogP contribution in [0.25, 0.3) is 0 Å². The van der Waals surface area contributed by atoms with Crippen molar-refractivity contribution < 1.29 is 9.90 Å². The Labute approximate surface area is 99.6 Å². The van der Waals surface area contributed by atoms with Crippen LogP contribution < -0.4 is 4.90 Å². The fourth-order valence-electron chi connectivity index (χ4n) is 1.91. The van der Waals surface area contributed by atoms with Crippen LogP contribution >= 0.6 is 11.6 Å². The quantitative estimate of drug-likeness (QED) is 0.882. The van der Waals surface area contributed by atoms with Gasteiger partial charge in [0.2, 0.25) is 0 Å². The summed E-state index contributed by atoms with van der Waals surface area (Å²) in [5.74, 6) is -0.233. The second-order valence-electron chi connectivity index (χ2n) is 4.15. The third-order valence-corrected chi connectivity index (χ3v) is 3.41. The molecule has 0 bridgehead atoms. The standard InChI is InChI=1S/C12H14ClNO2/c1-2-8-6-14(7-8)9-3-4-11(13)10(5-9)12(15)16/h3-5,8H,2,6-7H2,1H3,(H,15,16). The van der Waals surface area contributed by atoms with E-state index in [1.54, 1.807) is 12.1 Å². The molecule has 16 heavy (non-hydrogen) atoms. The van der Waals surface area contributed by atoms with E-state index in [4.69, 9.17) is 16.7 Å². The van der Waals surface area contributed by atoms with E-state index in [0.717, 1.165) is 24.7 Å². The maximum Gasteiger partial charge on any atom is 0.337 e. The van der Waals surface area contributed by atoms with Crippen molar-refractivity contribution in [2.24, 2.45) is 5.92 Å². The molecule has 0 amide bonds. The molecule has 1 fully saturated rings. The van der Waals surface area contributed by atoms with Crippen molar-refractivity contribution in [1.82, 2.24) is 0 Å². The second kappa shape index (κ2) is 4.34. The molecular weight excluding hydrogens is 226 g/mol. The molecule has 0 saturated carbocycles. The van der Waals surface area contributed by atoms with Crippen LogP contribution in [0.2, 0.25) is 5.02 Å². The Morgan fingerprint density at radius 2 is 2.25 bits per heavy atom. The van der Waals surface area contributed by atoms with E-state index in [2.05, 4.69) is 11.8 Å². The Kier molecular flexibility index (Phi) is 3.06. The van der Waals surface area contributed by atoms with Crippen LogP contribution in [-0.4, -0.2) is 24.2 Å². The average Bonchev–Trinajstić information content (AvgIpc) is 2.18. The number of benzene rings is 1. The number of hydrogen-bond donors (Lipinski definition) is 1. The predicted molar refractivity (Wildman–Crippen MR) is 64.4 cm³/mol. The molecule has 1 N–H and O–H groups in total. The van der Waals surface area contributed by atoms with E-state index >= 15 is 0 Å². The molecule has 1 heterocycles. The van der Waals surface area contributed by atoms with Crippen LogP contribution in [0.4, 0.5) is 5.69 Å². The molecule has 1 aliphatic rings. The van der Waals surface area contributed by atoms with Gasteiger partial charge < -0.3 is 10.0 Å². The second-order valence-corrected chi connectivity index (χ2v) is 4.56. The predicted octanol–water partition coefficient (Wildman–Crippen LogP) is 2.88. The molecule has 3 nitrogen and oxygen atoms in total. The summed E-state index contributed by atoms with van der Waals surface area (Å²) in [6.45, 7) is 4.20. The van der Waals surface area contributed by atoms with Crippen LogP contribution in [0, 0.1) is 5.92 Å². The molecule has 0 radical (unpaired) electrons. The van der Waals surface area contributed by atoms with Crippen molar-refractivity contribution >= 4 is 23.3 Å². The van der Waals surface area contributed by atoms with E-state index in [1.807, 2.05) is 6.07 Å². The summed E-state index contributed by atoms with van der Waals surface area (Å²) in [6, 6.07) is 5.18. The first kappa shape index (κ1) is 11.3. The molecule has 0 aliphatic carbocycles. The Morgan fingerprint density at radius 3 is 2.81 bits per heavy atom. The number of hydrogen-bond acceptors (Lipinski definition) is 2. The van der Waals surface area contributed by atoms with E-state index < -0.39 is 5.97 Å². The van der Waals surface area contributed by atoms with Gasteiger partial charge in [0, 0.05) is 18.8 Å². The highest BCUT2D eigenvalue weighted by atomic mass is 35.5. The summed E-state index contributed by atoms with van der Waals surface area (Å²) in [5, 5.41) is 9.25. The molecule has 1 saturated heterocycles. The number of anilines is 1. The van der Waals surface area contributed by atoms with Crippen molar-refractivity contribution in [2.75, 3.05) is 18.0 Å². The molecule has 2 rings (SSSR count). The summed E-state index contributed by atoms with van der Waals surface area (Å²) in [6.07, 6.45) is 1.18. The van der Waals surface area contributed by atoms with Gasteiger partial charge in [0.1, 0.15) is 0 Å². The zero-order valence-corrected chi connectivity index (χ0v) is 9.87. The SMILES string of the molecule is CCC1CN(c2ccc(Cl)c(C(=O)O)c2)C1. The van der Waals surface area contributed by atoms with Gasteiger partial charge in [0.15, 0.2) is 0 Å². The number of halogens is 1. The first-order valence-corrected chi connectivity index (χ1v) is 5.77. The van der Waals surface area contributed by atoms with Crippen LogP contribution in [0.5, 0.6) is 0 Å². The fourth-order valence-corrected chi connectivity index (χ4v) is 2.11. The van der Waals surface area contributed by atoms with Gasteiger partial charge in [-0.1, -0.05) is 18.5 Å². The lowest BCUT2D eigenvalue weighted by atomic mass is 9.96. The highest BCUT2D eigenvalue weighted by molar-refractivity contribution is 6.33. The largest absolute Gasteiger partial charge is 0.478 e. The molecular formula is C12H14ClNO2. The van der Waals surface area contributed by atoms with Gasteiger partial charge in [-0.05, 0) is 30.5 Å². The number of aromatic carboxylic acids is 1. The summed E-state index contributed by atoms with van der Waals surface area (Å²) in [7, 11) is 0. The molecule has 0 atom stereocenters. The lowest BCUT2D eigenvalue weighted by Gasteiger charge is -2.40. The molecule has 0 spiro atoms. The number of carbonyl (C=O) groups is 1. The molecule has 1 aromatic carbocycles. The Balaban J connectivity index is 2.18. The van der Waals surface area contributed by atoms with Crippen molar-refractivity contribution in [3.63, 3.8) is 0 Å². The van der Waals surface area contributed by atoms with Gasteiger partial charge in [-0.3, -0.25) is 0 Å². The highest BCUT2D eigenvalue weighted by Crippen LogP contribution is 2.29. The van der Waals surface area contributed by atoms with Gasteiger partial charge in [-0.2, -0.15) is 0 Å². The minimum absolute atomic E-state index is 0.180. The van der Waals surface area contributed by atoms with Crippen LogP contribution in [0.3, 0.4) is 0 Å². The van der Waals surface area contributed by atoms with Gasteiger partial charge in [0.05, 0.1) is 10.6 Å². The third kappa shape index (κ3) is 2.00. The molecule has 1 aromatic rings. The maximum atomic E-state index is 10.9. The van der Waals surface area contributed by atoms with E-state index in [0.29, 0.717) is 5.02 Å². The minimum Gasteiger partial charge on any atom is -0.478 e. The molecule has 0 unspecified atom stereocenters. The van der Waals surface area contributed by atoms with Gasteiger partial charge in [-0.25, -0.2) is 4.79 Å². The zero-order chi connectivity index (χ0) is 11.7. The summed E-state index contributed by atoms with van der Waals surface area (Å²) in [5.41, 5.74) is 1.13. The van der Waals surface area contributed by atoms with Crippen molar-refractivity contribution in [3.05, 3.63) is 28.8 Å². The van der Waals surface area contributed by atoms with Gasteiger partial charge in [-0.15, -0.1) is 0 Å². The van der Waals surface area contributed by atoms with Crippen molar-refractivity contribution in [2.45, 2.75) is 13.3 Å². The molecule has 86 valence electrons. The van der Waals surface area contributed by atoms with E-state index in [9.17, 15) is 4.79 Å². The van der Waals surface area contributed by atoms with Crippen molar-refractivity contribution in [3.8, 4) is 0 Å². The lowest BCUT2D eigenvalue weighted by Crippen LogP contribution is -2.46. The van der Waals surface area contributed by atoms with Gasteiger partial charge in [0.25, 0.3) is 0 Å². The number of nitrogens with zero attached hydrogens (tertiary/aromatic N) is 1. The van der Waals surface area contributed by atoms with Crippen LogP contribution in [-0.2, 0) is 0 Å². The number of carboxylic acids is 1. The maximum absolute atomic E-state index is 10.9. The Morgan fingerprint density at radius 1 is 1.56 bits per heavy atom. The smallest absolute Gasteiger partial charge is 0.337 e. The van der Waals surface area contributed by atoms with Crippen molar-refractivity contribution in [1.29, 1.82) is 0 Å².